The Morgan fingerprint density at radius 2 is 0.346 bits per heavy atom. The largest absolute Gasteiger partial charge is 0.344 e. The van der Waals surface area contributed by atoms with Gasteiger partial charge >= 0.3 is 0 Å². The lowest BCUT2D eigenvalue weighted by molar-refractivity contribution is -0.289. The van der Waals surface area contributed by atoms with Crippen molar-refractivity contribution in [3.8, 4) is 0 Å². The third-order valence-electron chi connectivity index (χ3n) is 28.7. The molecule has 725 valence electrons. The van der Waals surface area contributed by atoms with Crippen molar-refractivity contribution in [1.29, 1.82) is 0 Å². The third-order valence-corrected chi connectivity index (χ3v) is 28.7. The molecule has 8 rings (SSSR count). The van der Waals surface area contributed by atoms with Crippen LogP contribution in [0.25, 0.3) is 0 Å². The van der Waals surface area contributed by atoms with Crippen LogP contribution >= 0.6 is 0 Å². The normalized spacial score (nSPS) is 21.0. The highest BCUT2D eigenvalue weighted by Gasteiger charge is 2.54. The second-order valence-corrected chi connectivity index (χ2v) is 45.6. The lowest BCUT2D eigenvalue weighted by Crippen LogP contribution is -2.63. The van der Waals surface area contributed by atoms with Gasteiger partial charge in [-0.15, -0.1) is 51.4 Å². The molecule has 0 aliphatic carbocycles. The monoisotopic (exact) mass is 1780 g/mol. The zero-order valence-electron chi connectivity index (χ0n) is 86.2. The number of piperidine rings is 5. The molecular weight excluding hydrogens is 1590 g/mol. The molecule has 5 fully saturated rings. The highest BCUT2D eigenvalue weighted by molar-refractivity contribution is 5.52. The highest BCUT2D eigenvalue weighted by atomic mass is 16.5. The first-order chi connectivity index (χ1) is 59.5. The second-order valence-electron chi connectivity index (χ2n) is 45.6. The lowest BCUT2D eigenvalue weighted by atomic mass is 9.78. The Morgan fingerprint density at radius 1 is 0.205 bits per heavy atom. The van der Waals surface area contributed by atoms with Gasteiger partial charge in [0, 0.05) is 171 Å². The Labute approximate surface area is 773 Å². The van der Waals surface area contributed by atoms with E-state index >= 15 is 0 Å². The van der Waals surface area contributed by atoms with E-state index in [-0.39, 0.29) is 30.2 Å². The molecule has 5 aliphatic rings. The molecule has 28 heteroatoms. The summed E-state index contributed by atoms with van der Waals surface area (Å²) >= 11 is 0. The predicted octanol–water partition coefficient (Wildman–Crippen LogP) is 20.9. The first kappa shape index (κ1) is 107. The van der Waals surface area contributed by atoms with Gasteiger partial charge in [0.2, 0.25) is 53.5 Å². The summed E-state index contributed by atoms with van der Waals surface area (Å²) in [5.41, 5.74) is -6.80. The van der Waals surface area contributed by atoms with Crippen molar-refractivity contribution in [2.75, 3.05) is 130 Å². The summed E-state index contributed by atoms with van der Waals surface area (Å²) in [5, 5.41) is 79.1. The molecule has 0 unspecified atom stereocenters. The molecule has 5 aliphatic heterocycles. The van der Waals surface area contributed by atoms with Crippen LogP contribution in [0, 0.1) is 0 Å². The van der Waals surface area contributed by atoms with Gasteiger partial charge in [-0.25, -0.2) is 0 Å². The average Bonchev–Trinajstić information content (AvgIpc) is 0.758. The topological polar surface area (TPSA) is 261 Å². The van der Waals surface area contributed by atoms with Crippen molar-refractivity contribution in [1.82, 2.24) is 70.2 Å². The first-order valence-corrected chi connectivity index (χ1v) is 51.0. The zero-order chi connectivity index (χ0) is 94.1. The minimum atomic E-state index is -0.726. The average molecular weight is 1780 g/mol. The number of anilines is 9. The number of hydrogen-bond acceptors (Lipinski definition) is 23. The smallest absolute Gasteiger partial charge is 0.232 e. The molecule has 0 spiro atoms. The van der Waals surface area contributed by atoms with Crippen LogP contribution in [0.2, 0.25) is 0 Å². The number of hydroxylamine groups is 10. The molecule has 0 amide bonds. The SMILES string of the molecule is CCCCN(C)c1nc(N(CCCC)CCCC)nc(N(CCCCCCN(c2nc(N(CCCC)C3CC(C)(C)N([O])C(C)(C)C3)nc(N(CCCCCCN(c3nc(N(CCCC)CCCC)nc(N(CCCC)CCCC)n3)C3CC(C)(C)N([O])C(C)(C)C3)C3CC(C)(C)N([O])C(C)(C)C3)n2)C2CC(C)(C)N([O])C(C)(C)C2)C2CC(C)(C)N([O])C(C)(C)C2)n1. The van der Waals surface area contributed by atoms with E-state index in [0.717, 1.165) is 218 Å². The van der Waals surface area contributed by atoms with Gasteiger partial charge in [0.05, 0.1) is 0 Å². The van der Waals surface area contributed by atoms with E-state index in [1.54, 1.807) is 0 Å². The number of aromatic nitrogens is 9. The van der Waals surface area contributed by atoms with E-state index in [0.29, 0.717) is 133 Å². The third kappa shape index (κ3) is 28.0. The van der Waals surface area contributed by atoms with Gasteiger partial charge in [-0.3, -0.25) is 0 Å². The van der Waals surface area contributed by atoms with Gasteiger partial charge in [0.15, 0.2) is 0 Å². The zero-order valence-corrected chi connectivity index (χ0v) is 86.2. The van der Waals surface area contributed by atoms with Crippen LogP contribution in [0.3, 0.4) is 0 Å². The van der Waals surface area contributed by atoms with Crippen molar-refractivity contribution in [3.63, 3.8) is 0 Å². The van der Waals surface area contributed by atoms with E-state index in [2.05, 4.69) is 245 Å². The molecule has 5 saturated heterocycles. The van der Waals surface area contributed by atoms with Crippen LogP contribution in [0.4, 0.5) is 53.5 Å². The Kier molecular flexibility index (Phi) is 39.0. The van der Waals surface area contributed by atoms with Crippen molar-refractivity contribution < 1.29 is 26.0 Å². The molecule has 28 nitrogen and oxygen atoms in total. The Bertz CT molecular complexity index is 3600. The fourth-order valence-corrected chi connectivity index (χ4v) is 22.3. The Hall–Kier alpha value is -5.17. The molecule has 0 bridgehead atoms. The van der Waals surface area contributed by atoms with Crippen molar-refractivity contribution in [2.45, 2.75) is 498 Å². The van der Waals surface area contributed by atoms with Crippen LogP contribution in [0.15, 0.2) is 0 Å². The number of unbranched alkanes of at least 4 members (excludes halogenated alkanes) is 14. The molecule has 127 heavy (non-hydrogen) atoms. The maximum Gasteiger partial charge on any atom is 0.232 e. The van der Waals surface area contributed by atoms with Gasteiger partial charge in [-0.05, 0) is 280 Å². The van der Waals surface area contributed by atoms with Crippen molar-refractivity contribution >= 4 is 53.5 Å². The minimum absolute atomic E-state index is 0.00970. The van der Waals surface area contributed by atoms with Crippen molar-refractivity contribution in [3.05, 3.63) is 0 Å². The molecule has 8 heterocycles. The van der Waals surface area contributed by atoms with Crippen LogP contribution < -0.4 is 44.1 Å². The van der Waals surface area contributed by atoms with E-state index < -0.39 is 55.4 Å². The molecule has 5 radical (unpaired) electrons. The van der Waals surface area contributed by atoms with E-state index in [1.165, 1.54) is 25.3 Å². The molecule has 0 saturated carbocycles. The number of hydrogen-bond donors (Lipinski definition) is 0. The quantitative estimate of drug-likeness (QED) is 0.0476. The standard InChI is InChI=1S/C99H184N23O5/c1-30-38-54-109(29)81-100-82(110(55-39-31-2)56-40-32-3)103-85(101-81)114(77-68-92(13,14)119(124)93(15,16)69-77)62-50-46-48-52-64-116(79-72-96(21,22)121(126)97(23,24)73-79)88-106-87(113(61-45-37-8)76-66-90(9,10)118(123)91(11,12)67-76)107-89(108-88)117(80-74-98(25,26)122(127)99(27,28)75-80)65-53-49-47-51-63-115(78-70-94(17,18)120(125)95(19,20)71-78)86-104-83(111(57-41-33-4)58-42-34-5)102-84(105-86)112(59-43-35-6)60-44-36-7/h76-80H,30-75H2,1-29H3. The fraction of sp³-hybridized carbons (Fsp3) is 0.909. The summed E-state index contributed by atoms with van der Waals surface area (Å²) < 4.78 is 0. The molecule has 0 aromatic carbocycles. The maximum atomic E-state index is 14.7. The summed E-state index contributed by atoms with van der Waals surface area (Å²) in [5.74, 6) is 6.08. The Balaban J connectivity index is 1.23. The molecule has 3 aromatic rings. The summed E-state index contributed by atoms with van der Waals surface area (Å²) in [6.45, 7) is 69.2. The summed E-state index contributed by atoms with van der Waals surface area (Å²) in [7, 11) is 2.11. The van der Waals surface area contributed by atoms with Gasteiger partial charge in [0.1, 0.15) is 0 Å². The minimum Gasteiger partial charge on any atom is -0.344 e. The van der Waals surface area contributed by atoms with Gasteiger partial charge in [-0.2, -0.15) is 44.9 Å². The van der Waals surface area contributed by atoms with Crippen LogP contribution in [0.1, 0.15) is 412 Å². The van der Waals surface area contributed by atoms with Gasteiger partial charge in [-0.1, -0.05) is 132 Å². The number of nitrogens with zero attached hydrogens (tertiary/aromatic N) is 23. The summed E-state index contributed by atoms with van der Waals surface area (Å²) in [6, 6.07) is -0.367. The maximum absolute atomic E-state index is 14.7. The summed E-state index contributed by atoms with van der Waals surface area (Å²) in [4.78, 5) is 72.2. The first-order valence-electron chi connectivity index (χ1n) is 51.0. The fourth-order valence-electron chi connectivity index (χ4n) is 22.3. The molecule has 3 aromatic heterocycles. The predicted molar refractivity (Wildman–Crippen MR) is 521 cm³/mol. The van der Waals surface area contributed by atoms with E-state index in [1.807, 2.05) is 0 Å². The lowest BCUT2D eigenvalue weighted by Gasteiger charge is -2.53. The van der Waals surface area contributed by atoms with E-state index in [9.17, 15) is 26.0 Å². The van der Waals surface area contributed by atoms with E-state index in [4.69, 9.17) is 44.9 Å². The molecular formula is C99H184N23O5. The van der Waals surface area contributed by atoms with Crippen LogP contribution in [-0.2, 0) is 26.0 Å². The molecule has 0 N–H and O–H groups in total. The van der Waals surface area contributed by atoms with Gasteiger partial charge in [0.25, 0.3) is 0 Å². The van der Waals surface area contributed by atoms with Gasteiger partial charge < -0.3 is 44.1 Å². The van der Waals surface area contributed by atoms with Crippen LogP contribution in [0.5, 0.6) is 0 Å². The Morgan fingerprint density at radius 3 is 0.535 bits per heavy atom. The van der Waals surface area contributed by atoms with Crippen LogP contribution in [-0.4, -0.2) is 241 Å². The summed E-state index contributed by atoms with van der Waals surface area (Å²) in [6.07, 6.45) is 29.7. The highest BCUT2D eigenvalue weighted by Crippen LogP contribution is 2.48. The van der Waals surface area contributed by atoms with Crippen molar-refractivity contribution in [2.24, 2.45) is 0 Å². The number of rotatable bonds is 52. The second kappa shape index (κ2) is 46.2. The molecule has 0 atom stereocenters.